The van der Waals surface area contributed by atoms with Gasteiger partial charge in [0.1, 0.15) is 11.8 Å². The molecule has 17 heavy (non-hydrogen) atoms. The molecule has 2 rings (SSSR count). The lowest BCUT2D eigenvalue weighted by Crippen LogP contribution is -2.37. The summed E-state index contributed by atoms with van der Waals surface area (Å²) in [5.74, 6) is 0. The summed E-state index contributed by atoms with van der Waals surface area (Å²) in [4.78, 5) is 4.05. The Kier molecular flexibility index (Phi) is 3.94. The first-order valence-electron chi connectivity index (χ1n) is 5.99. The molecule has 1 fully saturated rings. The van der Waals surface area contributed by atoms with E-state index in [0.29, 0.717) is 11.7 Å². The van der Waals surface area contributed by atoms with E-state index in [2.05, 4.69) is 10.3 Å². The molecule has 2 atom stereocenters. The number of anilines is 1. The van der Waals surface area contributed by atoms with Gasteiger partial charge >= 0.3 is 0 Å². The van der Waals surface area contributed by atoms with Gasteiger partial charge in [0.2, 0.25) is 0 Å². The third-order valence-electron chi connectivity index (χ3n) is 3.24. The maximum absolute atomic E-state index is 8.68. The largest absolute Gasteiger partial charge is 0.379 e. The SMILES string of the molecule is CO[C@H]1CCCC[C@H]1Nc1ccc(C#N)nc1. The lowest BCUT2D eigenvalue weighted by Gasteiger charge is -2.31. The van der Waals surface area contributed by atoms with Gasteiger partial charge in [0, 0.05) is 7.11 Å². The van der Waals surface area contributed by atoms with Crippen LogP contribution in [0.4, 0.5) is 5.69 Å². The molecule has 90 valence electrons. The minimum Gasteiger partial charge on any atom is -0.379 e. The molecule has 0 unspecified atom stereocenters. The second-order valence-corrected chi connectivity index (χ2v) is 4.35. The number of ether oxygens (including phenoxy) is 1. The van der Waals surface area contributed by atoms with E-state index in [4.69, 9.17) is 10.00 Å². The van der Waals surface area contributed by atoms with Crippen LogP contribution in [0.25, 0.3) is 0 Å². The fourth-order valence-electron chi connectivity index (χ4n) is 2.30. The van der Waals surface area contributed by atoms with Crippen molar-refractivity contribution in [3.05, 3.63) is 24.0 Å². The molecule has 0 aromatic carbocycles. The highest BCUT2D eigenvalue weighted by Gasteiger charge is 2.24. The molecular weight excluding hydrogens is 214 g/mol. The van der Waals surface area contributed by atoms with Crippen molar-refractivity contribution >= 4 is 5.69 Å². The second kappa shape index (κ2) is 5.65. The van der Waals surface area contributed by atoms with Crippen LogP contribution in [0.5, 0.6) is 0 Å². The summed E-state index contributed by atoms with van der Waals surface area (Å²) in [6.45, 7) is 0. The summed E-state index contributed by atoms with van der Waals surface area (Å²) in [6, 6.07) is 5.99. The van der Waals surface area contributed by atoms with E-state index in [1.807, 2.05) is 12.1 Å². The molecule has 1 aromatic heterocycles. The lowest BCUT2D eigenvalue weighted by molar-refractivity contribution is 0.0606. The Morgan fingerprint density at radius 1 is 1.41 bits per heavy atom. The molecule has 0 spiro atoms. The first-order chi connectivity index (χ1) is 8.33. The minimum atomic E-state index is 0.277. The van der Waals surface area contributed by atoms with Crippen LogP contribution in [0.1, 0.15) is 31.4 Å². The number of nitrogens with zero attached hydrogens (tertiary/aromatic N) is 2. The van der Waals surface area contributed by atoms with Crippen molar-refractivity contribution in [2.75, 3.05) is 12.4 Å². The quantitative estimate of drug-likeness (QED) is 0.867. The monoisotopic (exact) mass is 231 g/mol. The zero-order valence-corrected chi connectivity index (χ0v) is 10.0. The molecule has 1 aromatic rings. The number of methoxy groups -OCH3 is 1. The standard InChI is InChI=1S/C13H17N3O/c1-17-13-5-3-2-4-12(13)16-11-7-6-10(8-14)15-9-11/h6-7,9,12-13,16H,2-5H2,1H3/t12-,13+/m1/s1. The summed E-state index contributed by atoms with van der Waals surface area (Å²) in [5.41, 5.74) is 1.40. The molecule has 0 saturated heterocycles. The van der Waals surface area contributed by atoms with Gasteiger partial charge in [0.15, 0.2) is 0 Å². The molecule has 1 aliphatic carbocycles. The second-order valence-electron chi connectivity index (χ2n) is 4.35. The Morgan fingerprint density at radius 2 is 2.24 bits per heavy atom. The van der Waals surface area contributed by atoms with Crippen LogP contribution in [-0.2, 0) is 4.74 Å². The van der Waals surface area contributed by atoms with Crippen molar-refractivity contribution < 1.29 is 4.74 Å². The number of nitrogens with one attached hydrogen (secondary N) is 1. The van der Waals surface area contributed by atoms with E-state index in [1.54, 1.807) is 19.4 Å². The number of aromatic nitrogens is 1. The van der Waals surface area contributed by atoms with Gasteiger partial charge in [0.05, 0.1) is 24.0 Å². The zero-order valence-electron chi connectivity index (χ0n) is 10.0. The predicted octanol–water partition coefficient (Wildman–Crippen LogP) is 2.32. The van der Waals surface area contributed by atoms with Gasteiger partial charge in [-0.1, -0.05) is 12.8 Å². The van der Waals surface area contributed by atoms with Crippen LogP contribution in [-0.4, -0.2) is 24.2 Å². The first-order valence-corrected chi connectivity index (χ1v) is 5.99. The molecule has 1 saturated carbocycles. The van der Waals surface area contributed by atoms with E-state index in [9.17, 15) is 0 Å². The minimum absolute atomic E-state index is 0.277. The van der Waals surface area contributed by atoms with Gasteiger partial charge in [-0.25, -0.2) is 4.98 Å². The number of hydrogen-bond donors (Lipinski definition) is 1. The van der Waals surface area contributed by atoms with Crippen LogP contribution in [0.2, 0.25) is 0 Å². The molecule has 0 bridgehead atoms. The van der Waals surface area contributed by atoms with E-state index in [0.717, 1.165) is 18.5 Å². The first kappa shape index (κ1) is 11.9. The highest BCUT2D eigenvalue weighted by molar-refractivity contribution is 5.43. The smallest absolute Gasteiger partial charge is 0.140 e. The van der Waals surface area contributed by atoms with Crippen LogP contribution >= 0.6 is 0 Å². The van der Waals surface area contributed by atoms with Gasteiger partial charge < -0.3 is 10.1 Å². The molecular formula is C13H17N3O. The predicted molar refractivity (Wildman–Crippen MR) is 65.6 cm³/mol. The van der Waals surface area contributed by atoms with Crippen LogP contribution in [0, 0.1) is 11.3 Å². The lowest BCUT2D eigenvalue weighted by atomic mass is 9.92. The number of pyridine rings is 1. The van der Waals surface area contributed by atoms with Crippen LogP contribution < -0.4 is 5.32 Å². The van der Waals surface area contributed by atoms with Crippen molar-refractivity contribution in [3.8, 4) is 6.07 Å². The Bertz CT molecular complexity index is 396. The van der Waals surface area contributed by atoms with Gasteiger partial charge in [-0.2, -0.15) is 5.26 Å². The molecule has 0 aliphatic heterocycles. The molecule has 4 nitrogen and oxygen atoms in total. The molecule has 0 radical (unpaired) electrons. The van der Waals surface area contributed by atoms with Crippen LogP contribution in [0.15, 0.2) is 18.3 Å². The van der Waals surface area contributed by atoms with Gasteiger partial charge in [-0.3, -0.25) is 0 Å². The Hall–Kier alpha value is -1.60. The van der Waals surface area contributed by atoms with E-state index in [-0.39, 0.29) is 6.10 Å². The summed E-state index contributed by atoms with van der Waals surface area (Å²) >= 11 is 0. The summed E-state index contributed by atoms with van der Waals surface area (Å²) in [7, 11) is 1.77. The fraction of sp³-hybridized carbons (Fsp3) is 0.538. The van der Waals surface area contributed by atoms with Gasteiger partial charge in [-0.05, 0) is 25.0 Å². The summed E-state index contributed by atoms with van der Waals surface area (Å²) in [5, 5.41) is 12.1. The maximum Gasteiger partial charge on any atom is 0.140 e. The fourth-order valence-corrected chi connectivity index (χ4v) is 2.30. The molecule has 1 N–H and O–H groups in total. The molecule has 4 heteroatoms. The molecule has 0 amide bonds. The number of nitriles is 1. The Balaban J connectivity index is 2.01. The molecule has 1 aliphatic rings. The van der Waals surface area contributed by atoms with E-state index < -0.39 is 0 Å². The average Bonchev–Trinajstić information content (AvgIpc) is 2.40. The summed E-state index contributed by atoms with van der Waals surface area (Å²) in [6.07, 6.45) is 6.69. The van der Waals surface area contributed by atoms with Crippen molar-refractivity contribution in [2.24, 2.45) is 0 Å². The third-order valence-corrected chi connectivity index (χ3v) is 3.24. The van der Waals surface area contributed by atoms with Crippen molar-refractivity contribution in [1.29, 1.82) is 5.26 Å². The third kappa shape index (κ3) is 2.95. The summed E-state index contributed by atoms with van der Waals surface area (Å²) < 4.78 is 5.49. The maximum atomic E-state index is 8.68. The van der Waals surface area contributed by atoms with Crippen LogP contribution in [0.3, 0.4) is 0 Å². The van der Waals surface area contributed by atoms with Gasteiger partial charge in [0.25, 0.3) is 0 Å². The number of rotatable bonds is 3. The number of hydrogen-bond acceptors (Lipinski definition) is 4. The van der Waals surface area contributed by atoms with E-state index >= 15 is 0 Å². The Labute approximate surface area is 102 Å². The topological polar surface area (TPSA) is 57.9 Å². The Morgan fingerprint density at radius 3 is 2.88 bits per heavy atom. The van der Waals surface area contributed by atoms with Crippen molar-refractivity contribution in [3.63, 3.8) is 0 Å². The average molecular weight is 231 g/mol. The van der Waals surface area contributed by atoms with E-state index in [1.165, 1.54) is 12.8 Å². The zero-order chi connectivity index (χ0) is 12.1. The highest BCUT2D eigenvalue weighted by atomic mass is 16.5. The normalized spacial score (nSPS) is 24.0. The molecule has 1 heterocycles. The van der Waals surface area contributed by atoms with Crippen molar-refractivity contribution in [1.82, 2.24) is 4.98 Å². The van der Waals surface area contributed by atoms with Crippen molar-refractivity contribution in [2.45, 2.75) is 37.8 Å². The highest BCUT2D eigenvalue weighted by Crippen LogP contribution is 2.23. The van der Waals surface area contributed by atoms with Gasteiger partial charge in [-0.15, -0.1) is 0 Å².